The zero-order valence-corrected chi connectivity index (χ0v) is 11.8. The lowest BCUT2D eigenvalue weighted by molar-refractivity contribution is -0.118. The zero-order valence-electron chi connectivity index (χ0n) is 11.8. The summed E-state index contributed by atoms with van der Waals surface area (Å²) in [5, 5.41) is 1.03. The van der Waals surface area contributed by atoms with E-state index in [9.17, 15) is 4.79 Å². The Balaban J connectivity index is 2.13. The number of hydrogen-bond acceptors (Lipinski definition) is 2. The third-order valence-electron chi connectivity index (χ3n) is 3.71. The lowest BCUT2D eigenvalue weighted by Gasteiger charge is -2.16. The van der Waals surface area contributed by atoms with E-state index < -0.39 is 0 Å². The molecule has 2 aromatic heterocycles. The summed E-state index contributed by atoms with van der Waals surface area (Å²) in [7, 11) is 0. The first-order valence-corrected chi connectivity index (χ1v) is 6.92. The smallest absolute Gasteiger partial charge is 0.218 e. The van der Waals surface area contributed by atoms with Crippen molar-refractivity contribution in [1.29, 1.82) is 0 Å². The molecule has 4 nitrogen and oxygen atoms in total. The first-order valence-electron chi connectivity index (χ1n) is 6.92. The third kappa shape index (κ3) is 2.65. The van der Waals surface area contributed by atoms with Crippen LogP contribution < -0.4 is 5.73 Å². The number of hydrogen-bond donors (Lipinski definition) is 2. The van der Waals surface area contributed by atoms with E-state index in [1.54, 1.807) is 6.20 Å². The van der Waals surface area contributed by atoms with Gasteiger partial charge in [0, 0.05) is 30.1 Å². The molecule has 4 heteroatoms. The minimum atomic E-state index is -0.306. The highest BCUT2D eigenvalue weighted by Crippen LogP contribution is 2.32. The van der Waals surface area contributed by atoms with Gasteiger partial charge in [-0.3, -0.25) is 4.79 Å². The summed E-state index contributed by atoms with van der Waals surface area (Å²) in [6, 6.07) is 12.1. The van der Waals surface area contributed by atoms with Gasteiger partial charge in [0.2, 0.25) is 5.91 Å². The largest absolute Gasteiger partial charge is 0.370 e. The number of fused-ring (bicyclic) bond motifs is 1. The molecule has 0 aliphatic carbocycles. The Hall–Kier alpha value is -2.62. The van der Waals surface area contributed by atoms with Crippen molar-refractivity contribution in [2.24, 2.45) is 5.73 Å². The number of nitrogens with zero attached hydrogens (tertiary/aromatic N) is 1. The monoisotopic (exact) mass is 279 g/mol. The molecule has 0 bridgehead atoms. The van der Waals surface area contributed by atoms with Crippen LogP contribution in [0, 0.1) is 6.92 Å². The van der Waals surface area contributed by atoms with Crippen LogP contribution in [0.4, 0.5) is 0 Å². The first-order chi connectivity index (χ1) is 10.1. The van der Waals surface area contributed by atoms with Gasteiger partial charge in [0.15, 0.2) is 0 Å². The minimum Gasteiger partial charge on any atom is -0.370 e. The van der Waals surface area contributed by atoms with Crippen LogP contribution in [0.2, 0.25) is 0 Å². The normalized spacial score (nSPS) is 12.4. The molecule has 0 aliphatic rings. The van der Waals surface area contributed by atoms with Crippen LogP contribution in [0.1, 0.15) is 29.0 Å². The summed E-state index contributed by atoms with van der Waals surface area (Å²) in [5.41, 5.74) is 9.60. The van der Waals surface area contributed by atoms with Gasteiger partial charge >= 0.3 is 0 Å². The van der Waals surface area contributed by atoms with Crippen molar-refractivity contribution in [3.63, 3.8) is 0 Å². The average Bonchev–Trinajstić information content (AvgIpc) is 2.88. The number of nitrogens with one attached hydrogen (secondary N) is 1. The molecule has 0 saturated carbocycles. The van der Waals surface area contributed by atoms with Crippen molar-refractivity contribution in [2.45, 2.75) is 19.3 Å². The lowest BCUT2D eigenvalue weighted by atomic mass is 9.87. The average molecular weight is 279 g/mol. The summed E-state index contributed by atoms with van der Waals surface area (Å²) >= 11 is 0. The Morgan fingerprint density at radius 3 is 2.95 bits per heavy atom. The van der Waals surface area contributed by atoms with Crippen LogP contribution in [-0.2, 0) is 4.79 Å². The number of pyridine rings is 1. The highest BCUT2D eigenvalue weighted by atomic mass is 16.1. The Bertz CT molecular complexity index is 791. The number of aryl methyl sites for hydroxylation is 1. The van der Waals surface area contributed by atoms with Gasteiger partial charge in [-0.2, -0.15) is 0 Å². The van der Waals surface area contributed by atoms with Gasteiger partial charge < -0.3 is 10.7 Å². The van der Waals surface area contributed by atoms with E-state index in [0.717, 1.165) is 22.2 Å². The number of rotatable bonds is 4. The molecule has 0 saturated heterocycles. The van der Waals surface area contributed by atoms with E-state index in [-0.39, 0.29) is 18.2 Å². The third-order valence-corrected chi connectivity index (χ3v) is 3.71. The van der Waals surface area contributed by atoms with Crippen LogP contribution in [0.15, 0.2) is 48.8 Å². The maximum absolute atomic E-state index is 11.5. The molecule has 2 heterocycles. The highest BCUT2D eigenvalue weighted by Gasteiger charge is 2.20. The number of carbonyl (C=O) groups excluding carboxylic acids is 1. The highest BCUT2D eigenvalue weighted by molar-refractivity contribution is 5.83. The van der Waals surface area contributed by atoms with E-state index in [1.807, 2.05) is 43.5 Å². The lowest BCUT2D eigenvalue weighted by Crippen LogP contribution is -2.16. The maximum atomic E-state index is 11.5. The second-order valence-electron chi connectivity index (χ2n) is 5.28. The quantitative estimate of drug-likeness (QED) is 0.770. The summed E-state index contributed by atoms with van der Waals surface area (Å²) in [6.07, 6.45) is 3.96. The summed E-state index contributed by atoms with van der Waals surface area (Å²) < 4.78 is 0. The van der Waals surface area contributed by atoms with Crippen molar-refractivity contribution < 1.29 is 4.79 Å². The fourth-order valence-corrected chi connectivity index (χ4v) is 2.76. The van der Waals surface area contributed by atoms with E-state index in [2.05, 4.69) is 16.0 Å². The number of amides is 1. The fourth-order valence-electron chi connectivity index (χ4n) is 2.76. The molecule has 1 atom stereocenters. The standard InChI is InChI=1S/C17H17N3O/c1-11-4-2-5-12(8-11)14(9-16(18)21)15-10-20-17-13(15)6-3-7-19-17/h2-8,10,14H,9H2,1H3,(H2,18,21)(H,19,20). The molecule has 1 aromatic carbocycles. The second-order valence-corrected chi connectivity index (χ2v) is 5.28. The predicted molar refractivity (Wildman–Crippen MR) is 82.9 cm³/mol. The number of aromatic nitrogens is 2. The molecule has 21 heavy (non-hydrogen) atoms. The Morgan fingerprint density at radius 2 is 2.19 bits per heavy atom. The van der Waals surface area contributed by atoms with E-state index in [0.29, 0.717) is 0 Å². The molecule has 0 radical (unpaired) electrons. The van der Waals surface area contributed by atoms with Gasteiger partial charge in [-0.1, -0.05) is 29.8 Å². The number of carbonyl (C=O) groups is 1. The number of benzene rings is 1. The second kappa shape index (κ2) is 5.40. The molecular formula is C17H17N3O. The van der Waals surface area contributed by atoms with E-state index in [4.69, 9.17) is 5.73 Å². The van der Waals surface area contributed by atoms with Crippen molar-refractivity contribution in [3.8, 4) is 0 Å². The SMILES string of the molecule is Cc1cccc(C(CC(N)=O)c2c[nH]c3ncccc23)c1. The van der Waals surface area contributed by atoms with Gasteiger partial charge in [0.25, 0.3) is 0 Å². The van der Waals surface area contributed by atoms with Gasteiger partial charge in [0.05, 0.1) is 0 Å². The van der Waals surface area contributed by atoms with Gasteiger partial charge in [-0.05, 0) is 30.2 Å². The molecule has 1 unspecified atom stereocenters. The minimum absolute atomic E-state index is 0.0552. The van der Waals surface area contributed by atoms with Crippen molar-refractivity contribution in [2.75, 3.05) is 0 Å². The summed E-state index contributed by atoms with van der Waals surface area (Å²) in [6.45, 7) is 2.04. The van der Waals surface area contributed by atoms with E-state index >= 15 is 0 Å². The zero-order chi connectivity index (χ0) is 14.8. The molecule has 3 rings (SSSR count). The Kier molecular flexibility index (Phi) is 3.44. The Morgan fingerprint density at radius 1 is 1.33 bits per heavy atom. The Labute approximate surface area is 123 Å². The van der Waals surface area contributed by atoms with Crippen LogP contribution >= 0.6 is 0 Å². The number of primary amides is 1. The molecule has 0 spiro atoms. The van der Waals surface area contributed by atoms with Crippen LogP contribution in [-0.4, -0.2) is 15.9 Å². The predicted octanol–water partition coefficient (Wildman–Crippen LogP) is 2.88. The van der Waals surface area contributed by atoms with E-state index in [1.165, 1.54) is 5.56 Å². The molecular weight excluding hydrogens is 262 g/mol. The molecule has 106 valence electrons. The molecule has 0 fully saturated rings. The molecule has 3 N–H and O–H groups in total. The number of nitrogens with two attached hydrogens (primary N) is 1. The van der Waals surface area contributed by atoms with Crippen LogP contribution in [0.25, 0.3) is 11.0 Å². The fraction of sp³-hybridized carbons (Fsp3) is 0.176. The number of H-pyrrole nitrogens is 1. The van der Waals surface area contributed by atoms with Crippen molar-refractivity contribution in [1.82, 2.24) is 9.97 Å². The molecule has 1 amide bonds. The van der Waals surface area contributed by atoms with Crippen molar-refractivity contribution in [3.05, 3.63) is 65.5 Å². The molecule has 0 aliphatic heterocycles. The van der Waals surface area contributed by atoms with Gasteiger partial charge in [-0.15, -0.1) is 0 Å². The van der Waals surface area contributed by atoms with Gasteiger partial charge in [-0.25, -0.2) is 4.98 Å². The molecule has 3 aromatic rings. The van der Waals surface area contributed by atoms with Crippen LogP contribution in [0.3, 0.4) is 0 Å². The summed E-state index contributed by atoms with van der Waals surface area (Å²) in [5.74, 6) is -0.361. The first kappa shape index (κ1) is 13.4. The topological polar surface area (TPSA) is 71.8 Å². The van der Waals surface area contributed by atoms with Crippen molar-refractivity contribution >= 4 is 16.9 Å². The van der Waals surface area contributed by atoms with Crippen LogP contribution in [0.5, 0.6) is 0 Å². The van der Waals surface area contributed by atoms with Gasteiger partial charge in [0.1, 0.15) is 5.65 Å². The summed E-state index contributed by atoms with van der Waals surface area (Å²) in [4.78, 5) is 19.0. The maximum Gasteiger partial charge on any atom is 0.218 e. The number of aromatic amines is 1.